The third-order valence-corrected chi connectivity index (χ3v) is 6.15. The molecule has 6 nitrogen and oxygen atoms in total. The molecule has 0 saturated carbocycles. The number of H-pyrrole nitrogens is 1. The number of benzene rings is 1. The molecule has 26 heavy (non-hydrogen) atoms. The maximum absolute atomic E-state index is 12.0. The third kappa shape index (κ3) is 2.83. The quantitative estimate of drug-likeness (QED) is 0.854. The van der Waals surface area contributed by atoms with Gasteiger partial charge in [-0.3, -0.25) is 9.36 Å². The van der Waals surface area contributed by atoms with E-state index in [0.29, 0.717) is 18.8 Å². The molecule has 1 fully saturated rings. The van der Waals surface area contributed by atoms with Crippen molar-refractivity contribution in [3.63, 3.8) is 0 Å². The van der Waals surface area contributed by atoms with Gasteiger partial charge in [-0.1, -0.05) is 24.3 Å². The Labute approximate surface area is 152 Å². The second-order valence-electron chi connectivity index (χ2n) is 7.62. The van der Waals surface area contributed by atoms with E-state index in [1.807, 2.05) is 6.07 Å². The summed E-state index contributed by atoms with van der Waals surface area (Å²) in [7, 11) is 0. The minimum atomic E-state index is -0.344. The van der Waals surface area contributed by atoms with E-state index >= 15 is 0 Å². The van der Waals surface area contributed by atoms with E-state index in [0.717, 1.165) is 32.4 Å². The van der Waals surface area contributed by atoms with Crippen LogP contribution in [0.15, 0.2) is 39.9 Å². The number of rotatable bonds is 3. The Morgan fingerprint density at radius 3 is 2.65 bits per heavy atom. The normalized spacial score (nSPS) is 21.8. The van der Waals surface area contributed by atoms with Gasteiger partial charge in [0.05, 0.1) is 6.10 Å². The van der Waals surface area contributed by atoms with Crippen LogP contribution in [0.25, 0.3) is 0 Å². The van der Waals surface area contributed by atoms with Crippen molar-refractivity contribution in [3.05, 3.63) is 68.0 Å². The number of fused-ring (bicyclic) bond motifs is 2. The Hall–Kier alpha value is -2.18. The molecule has 2 aromatic rings. The Morgan fingerprint density at radius 2 is 1.92 bits per heavy atom. The van der Waals surface area contributed by atoms with Crippen LogP contribution in [-0.4, -0.2) is 45.3 Å². The Kier molecular flexibility index (Phi) is 4.32. The molecular weight excluding hydrogens is 330 g/mol. The minimum Gasteiger partial charge on any atom is -0.392 e. The van der Waals surface area contributed by atoms with Crippen molar-refractivity contribution in [1.29, 1.82) is 0 Å². The van der Waals surface area contributed by atoms with Gasteiger partial charge in [0.1, 0.15) is 0 Å². The first kappa shape index (κ1) is 17.2. The number of aromatic nitrogens is 2. The number of hydrogen-bond donors (Lipinski definition) is 2. The van der Waals surface area contributed by atoms with Gasteiger partial charge in [-0.2, -0.15) is 0 Å². The topological polar surface area (TPSA) is 78.3 Å². The van der Waals surface area contributed by atoms with Crippen molar-refractivity contribution in [3.8, 4) is 0 Å². The number of aromatic amines is 1. The SMILES string of the molecule is Cc1cc(=O)n(CCN2CCC3(CC2)c2ccccc2CC3O)c(=O)[nH]1. The van der Waals surface area contributed by atoms with E-state index in [4.69, 9.17) is 0 Å². The number of nitrogens with one attached hydrogen (secondary N) is 1. The van der Waals surface area contributed by atoms with E-state index in [1.54, 1.807) is 6.92 Å². The van der Waals surface area contributed by atoms with E-state index in [1.165, 1.54) is 21.8 Å². The number of likely N-dealkylation sites (tertiary alicyclic amines) is 1. The van der Waals surface area contributed by atoms with Crippen LogP contribution in [0.2, 0.25) is 0 Å². The Bertz CT molecular complexity index is 891. The number of nitrogens with zero attached hydrogens (tertiary/aromatic N) is 2. The summed E-state index contributed by atoms with van der Waals surface area (Å²) >= 11 is 0. The van der Waals surface area contributed by atoms with Crippen molar-refractivity contribution in [2.45, 2.75) is 44.2 Å². The van der Waals surface area contributed by atoms with Gasteiger partial charge in [0, 0.05) is 30.3 Å². The van der Waals surface area contributed by atoms with Gasteiger partial charge in [0.25, 0.3) is 5.56 Å². The Balaban J connectivity index is 1.44. The van der Waals surface area contributed by atoms with E-state index in [9.17, 15) is 14.7 Å². The number of hydrogen-bond acceptors (Lipinski definition) is 4. The molecule has 138 valence electrons. The minimum absolute atomic E-state index is 0.134. The highest BCUT2D eigenvalue weighted by atomic mass is 16.3. The molecule has 1 atom stereocenters. The molecule has 6 heteroatoms. The summed E-state index contributed by atoms with van der Waals surface area (Å²) < 4.78 is 1.26. The van der Waals surface area contributed by atoms with Gasteiger partial charge in [0.15, 0.2) is 0 Å². The van der Waals surface area contributed by atoms with Crippen LogP contribution in [0, 0.1) is 6.92 Å². The highest BCUT2D eigenvalue weighted by molar-refractivity contribution is 5.42. The lowest BCUT2D eigenvalue weighted by Crippen LogP contribution is -2.48. The van der Waals surface area contributed by atoms with E-state index < -0.39 is 0 Å². The second-order valence-corrected chi connectivity index (χ2v) is 7.62. The molecular formula is C20H25N3O3. The largest absolute Gasteiger partial charge is 0.392 e. The van der Waals surface area contributed by atoms with Gasteiger partial charge < -0.3 is 15.0 Å². The first-order chi connectivity index (χ1) is 12.5. The lowest BCUT2D eigenvalue weighted by atomic mass is 9.72. The zero-order chi connectivity index (χ0) is 18.3. The number of aryl methyl sites for hydroxylation is 1. The number of aliphatic hydroxyl groups is 1. The molecule has 1 aliphatic heterocycles. The molecule has 1 unspecified atom stereocenters. The average molecular weight is 355 g/mol. The zero-order valence-corrected chi connectivity index (χ0v) is 15.1. The van der Waals surface area contributed by atoms with Crippen LogP contribution in [-0.2, 0) is 18.4 Å². The Morgan fingerprint density at radius 1 is 1.19 bits per heavy atom. The first-order valence-electron chi connectivity index (χ1n) is 9.29. The fourth-order valence-electron chi connectivity index (χ4n) is 4.63. The monoisotopic (exact) mass is 355 g/mol. The highest BCUT2D eigenvalue weighted by Crippen LogP contribution is 2.46. The highest BCUT2D eigenvalue weighted by Gasteiger charge is 2.47. The molecule has 0 bridgehead atoms. The van der Waals surface area contributed by atoms with Crippen LogP contribution >= 0.6 is 0 Å². The maximum Gasteiger partial charge on any atom is 0.328 e. The first-order valence-corrected chi connectivity index (χ1v) is 9.29. The summed E-state index contributed by atoms with van der Waals surface area (Å²) in [5.41, 5.74) is 2.43. The van der Waals surface area contributed by atoms with Gasteiger partial charge in [-0.25, -0.2) is 4.79 Å². The molecule has 1 aromatic heterocycles. The molecule has 1 spiro atoms. The summed E-state index contributed by atoms with van der Waals surface area (Å²) in [6.45, 7) is 4.50. The average Bonchev–Trinajstić information content (AvgIpc) is 2.88. The van der Waals surface area contributed by atoms with Gasteiger partial charge in [-0.15, -0.1) is 0 Å². The van der Waals surface area contributed by atoms with Gasteiger partial charge in [-0.05, 0) is 50.4 Å². The lowest BCUT2D eigenvalue weighted by Gasteiger charge is -2.42. The molecule has 2 aliphatic rings. The zero-order valence-electron chi connectivity index (χ0n) is 15.1. The molecule has 2 N–H and O–H groups in total. The second kappa shape index (κ2) is 6.52. The summed E-state index contributed by atoms with van der Waals surface area (Å²) in [5, 5.41) is 10.7. The van der Waals surface area contributed by atoms with Crippen LogP contribution in [0.3, 0.4) is 0 Å². The van der Waals surface area contributed by atoms with Crippen LogP contribution in [0.4, 0.5) is 0 Å². The standard InChI is InChI=1S/C20H25N3O3/c1-14-12-18(25)23(19(26)21-14)11-10-22-8-6-20(7-9-22)16-5-3-2-4-15(16)13-17(20)24/h2-5,12,17,24H,6-11,13H2,1H3,(H,21,26). The molecule has 1 aromatic carbocycles. The number of aliphatic hydroxyl groups excluding tert-OH is 1. The fraction of sp³-hybridized carbons (Fsp3) is 0.500. The van der Waals surface area contributed by atoms with Crippen molar-refractivity contribution in [2.75, 3.05) is 19.6 Å². The third-order valence-electron chi connectivity index (χ3n) is 6.15. The summed E-state index contributed by atoms with van der Waals surface area (Å²) in [4.78, 5) is 28.9. The maximum atomic E-state index is 12.0. The summed E-state index contributed by atoms with van der Waals surface area (Å²) in [6, 6.07) is 9.83. The smallest absolute Gasteiger partial charge is 0.328 e. The fourth-order valence-corrected chi connectivity index (χ4v) is 4.63. The van der Waals surface area contributed by atoms with Gasteiger partial charge in [0.2, 0.25) is 0 Å². The molecule has 2 heterocycles. The molecule has 1 saturated heterocycles. The van der Waals surface area contributed by atoms with Crippen LogP contribution in [0.5, 0.6) is 0 Å². The van der Waals surface area contributed by atoms with Crippen molar-refractivity contribution in [2.24, 2.45) is 0 Å². The predicted octanol–water partition coefficient (Wildman–Crippen LogP) is 0.796. The molecule has 0 amide bonds. The summed E-state index contributed by atoms with van der Waals surface area (Å²) in [6.07, 6.45) is 2.24. The van der Waals surface area contributed by atoms with Crippen LogP contribution < -0.4 is 11.2 Å². The molecule has 4 rings (SSSR count). The molecule has 1 aliphatic carbocycles. The predicted molar refractivity (Wildman–Crippen MR) is 99.6 cm³/mol. The van der Waals surface area contributed by atoms with E-state index in [-0.39, 0.29) is 22.8 Å². The van der Waals surface area contributed by atoms with Crippen molar-refractivity contribution in [1.82, 2.24) is 14.5 Å². The van der Waals surface area contributed by atoms with Crippen molar-refractivity contribution >= 4 is 0 Å². The van der Waals surface area contributed by atoms with Crippen LogP contribution in [0.1, 0.15) is 29.7 Å². The number of piperidine rings is 1. The summed E-state index contributed by atoms with van der Waals surface area (Å²) in [5.74, 6) is 0. The van der Waals surface area contributed by atoms with E-state index in [2.05, 4.69) is 28.1 Å². The van der Waals surface area contributed by atoms with Gasteiger partial charge >= 0.3 is 5.69 Å². The van der Waals surface area contributed by atoms with Crippen molar-refractivity contribution < 1.29 is 5.11 Å². The lowest BCUT2D eigenvalue weighted by molar-refractivity contribution is 0.0424. The molecule has 0 radical (unpaired) electrons.